The molecular formula is C13H24O2. The smallest absolute Gasteiger partial charge is 0.0542 e. The van der Waals surface area contributed by atoms with Crippen molar-refractivity contribution in [2.24, 2.45) is 11.8 Å². The van der Waals surface area contributed by atoms with E-state index in [1.165, 1.54) is 32.1 Å². The summed E-state index contributed by atoms with van der Waals surface area (Å²) in [7, 11) is 0. The number of hydrogen-bond donors (Lipinski definition) is 2. The van der Waals surface area contributed by atoms with Gasteiger partial charge in [-0.2, -0.15) is 0 Å². The van der Waals surface area contributed by atoms with E-state index in [1.807, 2.05) is 0 Å². The Morgan fingerprint density at radius 3 is 2.13 bits per heavy atom. The van der Waals surface area contributed by atoms with Gasteiger partial charge in [0.25, 0.3) is 0 Å². The van der Waals surface area contributed by atoms with Gasteiger partial charge in [-0.1, -0.05) is 12.8 Å². The minimum atomic E-state index is -0.0297. The second-order valence-electron chi connectivity index (χ2n) is 5.60. The predicted octanol–water partition coefficient (Wildman–Crippen LogP) is 2.48. The Balaban J connectivity index is 1.71. The molecular weight excluding hydrogens is 188 g/mol. The minimum absolute atomic E-state index is 0.0294. The lowest BCUT2D eigenvalue weighted by Gasteiger charge is -2.32. The quantitative estimate of drug-likeness (QED) is 0.738. The van der Waals surface area contributed by atoms with Crippen LogP contribution in [0.2, 0.25) is 0 Å². The molecule has 0 aromatic rings. The number of rotatable bonds is 2. The first-order valence-corrected chi connectivity index (χ1v) is 6.60. The van der Waals surface area contributed by atoms with Crippen LogP contribution in [0, 0.1) is 11.8 Å². The Bertz CT molecular complexity index is 185. The molecule has 2 saturated carbocycles. The van der Waals surface area contributed by atoms with Gasteiger partial charge in [-0.25, -0.2) is 0 Å². The molecule has 0 aliphatic heterocycles. The van der Waals surface area contributed by atoms with E-state index in [0.29, 0.717) is 0 Å². The summed E-state index contributed by atoms with van der Waals surface area (Å²) in [5.41, 5.74) is 0. The fraction of sp³-hybridized carbons (Fsp3) is 1.00. The molecule has 0 bridgehead atoms. The van der Waals surface area contributed by atoms with Crippen LogP contribution in [0.3, 0.4) is 0 Å². The van der Waals surface area contributed by atoms with E-state index in [1.54, 1.807) is 0 Å². The lowest BCUT2D eigenvalue weighted by molar-refractivity contribution is 0.0726. The third-order valence-electron chi connectivity index (χ3n) is 4.24. The zero-order valence-corrected chi connectivity index (χ0v) is 9.57. The van der Waals surface area contributed by atoms with E-state index in [0.717, 1.165) is 37.5 Å². The number of aliphatic hydroxyl groups excluding tert-OH is 2. The van der Waals surface area contributed by atoms with Gasteiger partial charge in [-0.15, -0.1) is 0 Å². The van der Waals surface area contributed by atoms with Crippen LogP contribution >= 0.6 is 0 Å². The summed E-state index contributed by atoms with van der Waals surface area (Å²) in [6.07, 6.45) is 10.2. The molecule has 0 heterocycles. The van der Waals surface area contributed by atoms with Crippen LogP contribution in [0.4, 0.5) is 0 Å². The summed E-state index contributed by atoms with van der Waals surface area (Å²) in [5.74, 6) is 1.58. The highest BCUT2D eigenvalue weighted by molar-refractivity contribution is 4.78. The monoisotopic (exact) mass is 212 g/mol. The van der Waals surface area contributed by atoms with Crippen LogP contribution < -0.4 is 0 Å². The molecule has 0 radical (unpaired) electrons. The van der Waals surface area contributed by atoms with Crippen molar-refractivity contribution in [2.75, 3.05) is 0 Å². The van der Waals surface area contributed by atoms with E-state index in [4.69, 9.17) is 0 Å². The van der Waals surface area contributed by atoms with Crippen molar-refractivity contribution in [3.05, 3.63) is 0 Å². The number of aliphatic hydroxyl groups is 2. The summed E-state index contributed by atoms with van der Waals surface area (Å²) in [5, 5.41) is 19.0. The molecule has 2 rings (SSSR count). The lowest BCUT2D eigenvalue weighted by atomic mass is 9.76. The Morgan fingerprint density at radius 2 is 1.47 bits per heavy atom. The van der Waals surface area contributed by atoms with Crippen LogP contribution in [0.1, 0.15) is 57.8 Å². The van der Waals surface area contributed by atoms with Gasteiger partial charge in [-0.3, -0.25) is 0 Å². The van der Waals surface area contributed by atoms with Crippen LogP contribution in [0.15, 0.2) is 0 Å². The van der Waals surface area contributed by atoms with Crippen molar-refractivity contribution in [1.29, 1.82) is 0 Å². The van der Waals surface area contributed by atoms with Crippen molar-refractivity contribution >= 4 is 0 Å². The molecule has 2 unspecified atom stereocenters. The highest BCUT2D eigenvalue weighted by atomic mass is 16.3. The first-order valence-electron chi connectivity index (χ1n) is 6.60. The second kappa shape index (κ2) is 5.31. The molecule has 0 saturated heterocycles. The molecule has 2 aliphatic rings. The Hall–Kier alpha value is -0.0800. The Kier molecular flexibility index (Phi) is 4.04. The van der Waals surface area contributed by atoms with Crippen LogP contribution in [0.25, 0.3) is 0 Å². The molecule has 2 aliphatic carbocycles. The van der Waals surface area contributed by atoms with E-state index in [2.05, 4.69) is 0 Å². The normalized spacial score (nSPS) is 42.8. The molecule has 2 atom stereocenters. The molecule has 15 heavy (non-hydrogen) atoms. The third-order valence-corrected chi connectivity index (χ3v) is 4.24. The maximum Gasteiger partial charge on any atom is 0.0542 e. The molecule has 0 amide bonds. The fourth-order valence-corrected chi connectivity index (χ4v) is 3.33. The van der Waals surface area contributed by atoms with Crippen molar-refractivity contribution in [2.45, 2.75) is 70.0 Å². The Labute approximate surface area is 92.7 Å². The summed E-state index contributed by atoms with van der Waals surface area (Å²) in [6.45, 7) is 0. The van der Waals surface area contributed by atoms with Gasteiger partial charge < -0.3 is 10.2 Å². The molecule has 88 valence electrons. The van der Waals surface area contributed by atoms with Crippen molar-refractivity contribution < 1.29 is 10.2 Å². The average molecular weight is 212 g/mol. The van der Waals surface area contributed by atoms with Gasteiger partial charge in [0.15, 0.2) is 0 Å². The van der Waals surface area contributed by atoms with Gasteiger partial charge in [0.1, 0.15) is 0 Å². The van der Waals surface area contributed by atoms with Gasteiger partial charge in [0.2, 0.25) is 0 Å². The molecule has 2 heteroatoms. The molecule has 0 aromatic heterocycles. The maximum atomic E-state index is 9.61. The van der Waals surface area contributed by atoms with Crippen molar-refractivity contribution in [3.8, 4) is 0 Å². The van der Waals surface area contributed by atoms with Gasteiger partial charge >= 0.3 is 0 Å². The van der Waals surface area contributed by atoms with Gasteiger partial charge in [0.05, 0.1) is 12.2 Å². The first-order chi connectivity index (χ1) is 7.24. The van der Waals surface area contributed by atoms with E-state index >= 15 is 0 Å². The maximum absolute atomic E-state index is 9.61. The van der Waals surface area contributed by atoms with Crippen molar-refractivity contribution in [3.63, 3.8) is 0 Å². The first kappa shape index (κ1) is 11.4. The largest absolute Gasteiger partial charge is 0.393 e. The summed E-state index contributed by atoms with van der Waals surface area (Å²) in [4.78, 5) is 0. The molecule has 2 N–H and O–H groups in total. The summed E-state index contributed by atoms with van der Waals surface area (Å²) in [6, 6.07) is 0. The molecule has 0 aromatic carbocycles. The third kappa shape index (κ3) is 3.46. The van der Waals surface area contributed by atoms with Gasteiger partial charge in [0, 0.05) is 0 Å². The standard InChI is InChI=1S/C13H24O2/c14-12-6-4-10(5-7-12)8-11-2-1-3-13(15)9-11/h10-15H,1-9H2. The van der Waals surface area contributed by atoms with Crippen LogP contribution in [0.5, 0.6) is 0 Å². The minimum Gasteiger partial charge on any atom is -0.393 e. The highest BCUT2D eigenvalue weighted by Crippen LogP contribution is 2.35. The van der Waals surface area contributed by atoms with E-state index in [9.17, 15) is 10.2 Å². The SMILES string of the molecule is OC1CCC(CC2CCCC(O)C2)CC1. The lowest BCUT2D eigenvalue weighted by Crippen LogP contribution is -2.24. The average Bonchev–Trinajstić information content (AvgIpc) is 2.22. The topological polar surface area (TPSA) is 40.5 Å². The van der Waals surface area contributed by atoms with Crippen molar-refractivity contribution in [1.82, 2.24) is 0 Å². The Morgan fingerprint density at radius 1 is 0.733 bits per heavy atom. The molecule has 2 fully saturated rings. The second-order valence-corrected chi connectivity index (χ2v) is 5.60. The predicted molar refractivity (Wildman–Crippen MR) is 60.5 cm³/mol. The van der Waals surface area contributed by atoms with E-state index < -0.39 is 0 Å². The fourth-order valence-electron chi connectivity index (χ4n) is 3.33. The zero-order valence-electron chi connectivity index (χ0n) is 9.57. The van der Waals surface area contributed by atoms with Gasteiger partial charge in [-0.05, 0) is 56.8 Å². The molecule has 0 spiro atoms. The van der Waals surface area contributed by atoms with E-state index in [-0.39, 0.29) is 12.2 Å². The number of hydrogen-bond acceptors (Lipinski definition) is 2. The highest BCUT2D eigenvalue weighted by Gasteiger charge is 2.25. The van der Waals surface area contributed by atoms with Crippen LogP contribution in [-0.2, 0) is 0 Å². The van der Waals surface area contributed by atoms with Crippen LogP contribution in [-0.4, -0.2) is 22.4 Å². The summed E-state index contributed by atoms with van der Waals surface area (Å²) < 4.78 is 0. The molecule has 2 nitrogen and oxygen atoms in total. The zero-order chi connectivity index (χ0) is 10.7. The summed E-state index contributed by atoms with van der Waals surface area (Å²) >= 11 is 0.